The lowest BCUT2D eigenvalue weighted by atomic mass is 10.1. The van der Waals surface area contributed by atoms with Crippen LogP contribution in [-0.2, 0) is 21.3 Å². The molecule has 0 aliphatic carbocycles. The molecule has 1 heterocycles. The molecule has 0 saturated carbocycles. The summed E-state index contributed by atoms with van der Waals surface area (Å²) in [4.78, 5) is 2.48. The Bertz CT molecular complexity index is 569. The van der Waals surface area contributed by atoms with Crippen LogP contribution in [0, 0.1) is 6.92 Å². The Hall–Kier alpha value is -0.990. The lowest BCUT2D eigenvalue weighted by Gasteiger charge is -2.26. The summed E-state index contributed by atoms with van der Waals surface area (Å²) in [6.07, 6.45) is 0. The van der Waals surface area contributed by atoms with Gasteiger partial charge in [-0.15, -0.1) is 0 Å². The fourth-order valence-electron chi connectivity index (χ4n) is 2.31. The van der Waals surface area contributed by atoms with E-state index in [1.807, 2.05) is 6.92 Å². The van der Waals surface area contributed by atoms with Crippen LogP contribution in [0.1, 0.15) is 11.1 Å². The Morgan fingerprint density at radius 3 is 2.67 bits per heavy atom. The molecule has 1 aliphatic heterocycles. The van der Waals surface area contributed by atoms with Crippen molar-refractivity contribution >= 4 is 10.0 Å². The van der Waals surface area contributed by atoms with Gasteiger partial charge in [0.05, 0.1) is 18.1 Å². The maximum Gasteiger partial charge on any atom is 0.240 e. The number of ether oxygens (including phenoxy) is 1. The van der Waals surface area contributed by atoms with Gasteiger partial charge in [0, 0.05) is 32.7 Å². The average Bonchev–Trinajstić information content (AvgIpc) is 2.48. The third kappa shape index (κ3) is 4.49. The molecule has 6 nitrogen and oxygen atoms in total. The van der Waals surface area contributed by atoms with Crippen molar-refractivity contribution in [3.8, 4) is 0 Å². The van der Waals surface area contributed by atoms with Crippen LogP contribution < -0.4 is 10.5 Å². The summed E-state index contributed by atoms with van der Waals surface area (Å²) >= 11 is 0. The van der Waals surface area contributed by atoms with E-state index in [1.54, 1.807) is 18.2 Å². The molecule has 2 rings (SSSR count). The molecule has 1 saturated heterocycles. The van der Waals surface area contributed by atoms with Crippen molar-refractivity contribution in [2.24, 2.45) is 5.73 Å². The fraction of sp³-hybridized carbons (Fsp3) is 0.571. The van der Waals surface area contributed by atoms with Crippen LogP contribution in [0.15, 0.2) is 23.1 Å². The van der Waals surface area contributed by atoms with Crippen molar-refractivity contribution in [3.05, 3.63) is 29.3 Å². The first-order valence-corrected chi connectivity index (χ1v) is 8.60. The smallest absolute Gasteiger partial charge is 0.240 e. The molecule has 0 spiro atoms. The molecule has 0 atom stereocenters. The van der Waals surface area contributed by atoms with Crippen molar-refractivity contribution in [1.82, 2.24) is 9.62 Å². The van der Waals surface area contributed by atoms with E-state index in [-0.39, 0.29) is 0 Å². The zero-order valence-corrected chi connectivity index (χ0v) is 13.2. The second-order valence-electron chi connectivity index (χ2n) is 5.14. The zero-order valence-electron chi connectivity index (χ0n) is 12.3. The standard InChI is InChI=1S/C14H23N3O3S/c1-12-10-14(3-2-13(12)11-15)21(18,19)16-4-5-17-6-8-20-9-7-17/h2-3,10,16H,4-9,11,15H2,1H3. The van der Waals surface area contributed by atoms with Gasteiger partial charge in [-0.2, -0.15) is 0 Å². The summed E-state index contributed by atoms with van der Waals surface area (Å²) in [5.41, 5.74) is 7.45. The van der Waals surface area contributed by atoms with Gasteiger partial charge in [0.2, 0.25) is 10.0 Å². The minimum Gasteiger partial charge on any atom is -0.379 e. The number of hydrogen-bond acceptors (Lipinski definition) is 5. The highest BCUT2D eigenvalue weighted by Crippen LogP contribution is 2.14. The molecule has 21 heavy (non-hydrogen) atoms. The van der Waals surface area contributed by atoms with Crippen LogP contribution in [0.2, 0.25) is 0 Å². The van der Waals surface area contributed by atoms with E-state index < -0.39 is 10.0 Å². The van der Waals surface area contributed by atoms with Gasteiger partial charge in [0.25, 0.3) is 0 Å². The van der Waals surface area contributed by atoms with Crippen molar-refractivity contribution in [1.29, 1.82) is 0 Å². The molecule has 0 bridgehead atoms. The lowest BCUT2D eigenvalue weighted by Crippen LogP contribution is -2.41. The van der Waals surface area contributed by atoms with Gasteiger partial charge in [-0.05, 0) is 30.2 Å². The molecule has 0 aromatic heterocycles. The van der Waals surface area contributed by atoms with Gasteiger partial charge in [-0.25, -0.2) is 13.1 Å². The summed E-state index contributed by atoms with van der Waals surface area (Å²) in [5, 5.41) is 0. The largest absolute Gasteiger partial charge is 0.379 e. The maximum atomic E-state index is 12.2. The summed E-state index contributed by atoms with van der Waals surface area (Å²) in [7, 11) is -3.46. The maximum absolute atomic E-state index is 12.2. The van der Waals surface area contributed by atoms with Gasteiger partial charge >= 0.3 is 0 Å². The van der Waals surface area contributed by atoms with Crippen molar-refractivity contribution in [2.45, 2.75) is 18.4 Å². The first-order chi connectivity index (χ1) is 10.0. The first-order valence-electron chi connectivity index (χ1n) is 7.12. The minimum absolute atomic E-state index is 0.291. The van der Waals surface area contributed by atoms with Gasteiger partial charge in [-0.3, -0.25) is 4.90 Å². The molecule has 1 aromatic carbocycles. The highest BCUT2D eigenvalue weighted by atomic mass is 32.2. The molecule has 118 valence electrons. The summed E-state index contributed by atoms with van der Waals surface area (Å²) in [6.45, 7) is 6.52. The van der Waals surface area contributed by atoms with E-state index in [0.29, 0.717) is 37.7 Å². The molecule has 0 amide bonds. The van der Waals surface area contributed by atoms with Crippen LogP contribution in [-0.4, -0.2) is 52.7 Å². The van der Waals surface area contributed by atoms with Gasteiger partial charge in [0.1, 0.15) is 0 Å². The van der Waals surface area contributed by atoms with E-state index in [9.17, 15) is 8.42 Å². The van der Waals surface area contributed by atoms with Crippen LogP contribution in [0.4, 0.5) is 0 Å². The number of sulfonamides is 1. The average molecular weight is 313 g/mol. The van der Waals surface area contributed by atoms with Gasteiger partial charge in [0.15, 0.2) is 0 Å². The molecule has 0 unspecified atom stereocenters. The number of aryl methyl sites for hydroxylation is 1. The number of nitrogens with two attached hydrogens (primary N) is 1. The zero-order chi connectivity index (χ0) is 15.3. The Labute approximate surface area is 126 Å². The van der Waals surface area contributed by atoms with Crippen LogP contribution >= 0.6 is 0 Å². The first kappa shape index (κ1) is 16.4. The quantitative estimate of drug-likeness (QED) is 0.776. The van der Waals surface area contributed by atoms with E-state index in [2.05, 4.69) is 9.62 Å². The molecule has 1 fully saturated rings. The topological polar surface area (TPSA) is 84.7 Å². The molecule has 1 aliphatic rings. The predicted molar refractivity (Wildman–Crippen MR) is 81.5 cm³/mol. The molecule has 7 heteroatoms. The second kappa shape index (κ2) is 7.33. The Kier molecular flexibility index (Phi) is 5.72. The summed E-state index contributed by atoms with van der Waals surface area (Å²) in [5.74, 6) is 0. The van der Waals surface area contributed by atoms with Crippen molar-refractivity contribution in [3.63, 3.8) is 0 Å². The van der Waals surface area contributed by atoms with Crippen LogP contribution in [0.3, 0.4) is 0 Å². The Morgan fingerprint density at radius 1 is 1.33 bits per heavy atom. The van der Waals surface area contributed by atoms with Crippen molar-refractivity contribution < 1.29 is 13.2 Å². The third-order valence-electron chi connectivity index (χ3n) is 3.67. The van der Waals surface area contributed by atoms with E-state index in [1.165, 1.54) is 0 Å². The number of rotatable bonds is 6. The van der Waals surface area contributed by atoms with Crippen LogP contribution in [0.5, 0.6) is 0 Å². The summed E-state index contributed by atoms with van der Waals surface area (Å²) < 4.78 is 32.4. The molecule has 0 radical (unpaired) electrons. The monoisotopic (exact) mass is 313 g/mol. The molecule has 3 N–H and O–H groups in total. The highest BCUT2D eigenvalue weighted by Gasteiger charge is 2.16. The second-order valence-corrected chi connectivity index (χ2v) is 6.91. The Balaban J connectivity index is 1.93. The highest BCUT2D eigenvalue weighted by molar-refractivity contribution is 7.89. The molecular weight excluding hydrogens is 290 g/mol. The molecule has 1 aromatic rings. The number of hydrogen-bond donors (Lipinski definition) is 2. The van der Waals surface area contributed by atoms with Gasteiger partial charge in [-0.1, -0.05) is 6.07 Å². The molecular formula is C14H23N3O3S. The van der Waals surface area contributed by atoms with E-state index in [0.717, 1.165) is 24.2 Å². The minimum atomic E-state index is -3.46. The number of benzene rings is 1. The lowest BCUT2D eigenvalue weighted by molar-refractivity contribution is 0.0390. The number of morpholine rings is 1. The van der Waals surface area contributed by atoms with E-state index >= 15 is 0 Å². The van der Waals surface area contributed by atoms with Crippen molar-refractivity contribution in [2.75, 3.05) is 39.4 Å². The predicted octanol–water partition coefficient (Wildman–Crippen LogP) is 0.0642. The Morgan fingerprint density at radius 2 is 2.05 bits per heavy atom. The summed E-state index contributed by atoms with van der Waals surface area (Å²) in [6, 6.07) is 5.04. The fourth-order valence-corrected chi connectivity index (χ4v) is 3.42. The van der Waals surface area contributed by atoms with E-state index in [4.69, 9.17) is 10.5 Å². The van der Waals surface area contributed by atoms with Crippen LogP contribution in [0.25, 0.3) is 0 Å². The SMILES string of the molecule is Cc1cc(S(=O)(=O)NCCN2CCOCC2)ccc1CN. The normalized spacial score (nSPS) is 17.0. The number of nitrogens with zero attached hydrogens (tertiary/aromatic N) is 1. The number of nitrogens with one attached hydrogen (secondary N) is 1. The third-order valence-corrected chi connectivity index (χ3v) is 5.13. The van der Waals surface area contributed by atoms with Gasteiger partial charge < -0.3 is 10.5 Å².